The highest BCUT2D eigenvalue weighted by molar-refractivity contribution is 5.28. The van der Waals surface area contributed by atoms with E-state index in [1.54, 1.807) is 6.26 Å². The second kappa shape index (κ2) is 2.63. The van der Waals surface area contributed by atoms with Crippen molar-refractivity contribution >= 4 is 0 Å². The minimum atomic E-state index is 0.221. The fourth-order valence-electron chi connectivity index (χ4n) is 1.84. The van der Waals surface area contributed by atoms with Crippen LogP contribution in [0.25, 0.3) is 0 Å². The number of hydrogen-bond donors (Lipinski definition) is 1. The first-order chi connectivity index (χ1) is 5.70. The molecule has 66 valence electrons. The van der Waals surface area contributed by atoms with Gasteiger partial charge in [0.2, 0.25) is 0 Å². The molecule has 0 aliphatic carbocycles. The van der Waals surface area contributed by atoms with E-state index in [1.807, 2.05) is 0 Å². The van der Waals surface area contributed by atoms with Gasteiger partial charge >= 0.3 is 0 Å². The first kappa shape index (κ1) is 7.87. The molecule has 12 heavy (non-hydrogen) atoms. The molecule has 1 aromatic rings. The van der Waals surface area contributed by atoms with Gasteiger partial charge in [0.1, 0.15) is 5.76 Å². The van der Waals surface area contributed by atoms with Gasteiger partial charge in [-0.25, -0.2) is 0 Å². The summed E-state index contributed by atoms with van der Waals surface area (Å²) in [6.07, 6.45) is 2.82. The van der Waals surface area contributed by atoms with Crippen LogP contribution in [0.4, 0.5) is 0 Å². The molecule has 0 radical (unpaired) electrons. The highest BCUT2D eigenvalue weighted by Crippen LogP contribution is 2.28. The third-order valence-corrected chi connectivity index (χ3v) is 2.57. The van der Waals surface area contributed by atoms with Crippen molar-refractivity contribution in [2.75, 3.05) is 13.1 Å². The Morgan fingerprint density at radius 3 is 3.17 bits per heavy atom. The molecule has 1 aliphatic rings. The van der Waals surface area contributed by atoms with Crippen molar-refractivity contribution in [3.05, 3.63) is 23.7 Å². The van der Waals surface area contributed by atoms with Gasteiger partial charge in [-0.3, -0.25) is 0 Å². The van der Waals surface area contributed by atoms with Crippen LogP contribution in [-0.4, -0.2) is 13.1 Å². The predicted octanol–water partition coefficient (Wildman–Crippen LogP) is 1.70. The highest BCUT2D eigenvalue weighted by atomic mass is 16.3. The molecule has 0 atom stereocenters. The van der Waals surface area contributed by atoms with Crippen LogP contribution in [0.15, 0.2) is 16.7 Å². The summed E-state index contributed by atoms with van der Waals surface area (Å²) in [5, 5.41) is 3.41. The number of hydrogen-bond acceptors (Lipinski definition) is 2. The fourth-order valence-corrected chi connectivity index (χ4v) is 1.84. The lowest BCUT2D eigenvalue weighted by atomic mass is 9.85. The lowest BCUT2D eigenvalue weighted by molar-refractivity contribution is 0.485. The molecule has 2 rings (SSSR count). The first-order valence-corrected chi connectivity index (χ1v) is 4.48. The molecule has 1 aromatic heterocycles. The number of furan rings is 1. The summed E-state index contributed by atoms with van der Waals surface area (Å²) in [7, 11) is 0. The Hall–Kier alpha value is -0.760. The van der Waals surface area contributed by atoms with Crippen LogP contribution in [0.2, 0.25) is 0 Å². The van der Waals surface area contributed by atoms with Crippen LogP contribution in [0, 0.1) is 0 Å². The third-order valence-electron chi connectivity index (χ3n) is 2.57. The van der Waals surface area contributed by atoms with Crippen molar-refractivity contribution in [1.29, 1.82) is 0 Å². The average molecular weight is 165 g/mol. The predicted molar refractivity (Wildman–Crippen MR) is 48.3 cm³/mol. The molecule has 0 amide bonds. The van der Waals surface area contributed by atoms with E-state index >= 15 is 0 Å². The summed E-state index contributed by atoms with van der Waals surface area (Å²) < 4.78 is 5.43. The molecule has 2 heterocycles. The molecule has 0 aromatic carbocycles. The Labute approximate surface area is 73.0 Å². The Kier molecular flexibility index (Phi) is 1.72. The molecule has 1 N–H and O–H groups in total. The van der Waals surface area contributed by atoms with Crippen LogP contribution in [0.5, 0.6) is 0 Å². The fraction of sp³-hybridized carbons (Fsp3) is 0.600. The van der Waals surface area contributed by atoms with Gasteiger partial charge in [0, 0.05) is 30.5 Å². The van der Waals surface area contributed by atoms with E-state index in [9.17, 15) is 0 Å². The second-order valence-electron chi connectivity index (χ2n) is 4.07. The summed E-state index contributed by atoms with van der Waals surface area (Å²) in [5.74, 6) is 1.16. The van der Waals surface area contributed by atoms with E-state index in [0.29, 0.717) is 0 Å². The van der Waals surface area contributed by atoms with E-state index in [4.69, 9.17) is 4.42 Å². The molecule has 0 spiro atoms. The lowest BCUT2D eigenvalue weighted by Crippen LogP contribution is -2.30. The second-order valence-corrected chi connectivity index (χ2v) is 4.07. The zero-order valence-corrected chi connectivity index (χ0v) is 7.68. The third kappa shape index (κ3) is 1.16. The average Bonchev–Trinajstić information content (AvgIpc) is 2.42. The van der Waals surface area contributed by atoms with E-state index in [-0.39, 0.29) is 5.41 Å². The maximum Gasteiger partial charge on any atom is 0.108 e. The molecule has 2 heteroatoms. The van der Waals surface area contributed by atoms with Gasteiger partial charge in [0.25, 0.3) is 0 Å². The maximum atomic E-state index is 5.43. The van der Waals surface area contributed by atoms with Gasteiger partial charge in [-0.1, -0.05) is 13.8 Å². The van der Waals surface area contributed by atoms with E-state index < -0.39 is 0 Å². The van der Waals surface area contributed by atoms with Gasteiger partial charge < -0.3 is 9.73 Å². The van der Waals surface area contributed by atoms with Crippen LogP contribution < -0.4 is 5.32 Å². The summed E-state index contributed by atoms with van der Waals surface area (Å²) in [4.78, 5) is 0. The van der Waals surface area contributed by atoms with Gasteiger partial charge in [0.15, 0.2) is 0 Å². The largest absolute Gasteiger partial charge is 0.469 e. The molecule has 0 saturated carbocycles. The quantitative estimate of drug-likeness (QED) is 0.633. The van der Waals surface area contributed by atoms with Crippen molar-refractivity contribution in [1.82, 2.24) is 5.32 Å². The minimum absolute atomic E-state index is 0.221. The smallest absolute Gasteiger partial charge is 0.108 e. The van der Waals surface area contributed by atoms with Crippen molar-refractivity contribution in [3.8, 4) is 0 Å². The maximum absolute atomic E-state index is 5.43. The van der Waals surface area contributed by atoms with E-state index in [1.165, 1.54) is 5.56 Å². The van der Waals surface area contributed by atoms with Crippen LogP contribution in [-0.2, 0) is 11.8 Å². The topological polar surface area (TPSA) is 25.2 Å². The number of nitrogens with one attached hydrogen (secondary N) is 1. The zero-order valence-electron chi connectivity index (χ0n) is 7.68. The summed E-state index contributed by atoms with van der Waals surface area (Å²) in [6.45, 7) is 6.57. The van der Waals surface area contributed by atoms with Gasteiger partial charge in [-0.05, 0) is 6.07 Å². The zero-order chi connectivity index (χ0) is 8.60. The standard InChI is InChI=1S/C10H15NO/c1-10(2)7-11-5-3-9-8(10)4-6-12-9/h4,6,11H,3,5,7H2,1-2H3. The number of rotatable bonds is 0. The summed E-state index contributed by atoms with van der Waals surface area (Å²) in [6, 6.07) is 2.10. The molecule has 0 bridgehead atoms. The normalized spacial score (nSPS) is 21.5. The van der Waals surface area contributed by atoms with E-state index in [2.05, 4.69) is 25.2 Å². The number of fused-ring (bicyclic) bond motifs is 1. The van der Waals surface area contributed by atoms with Crippen molar-refractivity contribution in [2.24, 2.45) is 0 Å². The minimum Gasteiger partial charge on any atom is -0.469 e. The summed E-state index contributed by atoms with van der Waals surface area (Å²) >= 11 is 0. The Morgan fingerprint density at radius 1 is 1.50 bits per heavy atom. The van der Waals surface area contributed by atoms with Crippen molar-refractivity contribution < 1.29 is 4.42 Å². The molecule has 0 fully saturated rings. The van der Waals surface area contributed by atoms with E-state index in [0.717, 1.165) is 25.3 Å². The van der Waals surface area contributed by atoms with Gasteiger partial charge in [0.05, 0.1) is 6.26 Å². The molecule has 0 unspecified atom stereocenters. The van der Waals surface area contributed by atoms with Crippen LogP contribution in [0.3, 0.4) is 0 Å². The molecular weight excluding hydrogens is 150 g/mol. The monoisotopic (exact) mass is 165 g/mol. The Bertz CT molecular complexity index is 275. The molecular formula is C10H15NO. The Morgan fingerprint density at radius 2 is 2.33 bits per heavy atom. The van der Waals surface area contributed by atoms with Crippen molar-refractivity contribution in [2.45, 2.75) is 25.7 Å². The van der Waals surface area contributed by atoms with Crippen LogP contribution in [0.1, 0.15) is 25.2 Å². The first-order valence-electron chi connectivity index (χ1n) is 4.48. The Balaban J connectivity index is 2.43. The molecule has 1 aliphatic heterocycles. The highest BCUT2D eigenvalue weighted by Gasteiger charge is 2.27. The van der Waals surface area contributed by atoms with Crippen molar-refractivity contribution in [3.63, 3.8) is 0 Å². The van der Waals surface area contributed by atoms with Crippen LogP contribution >= 0.6 is 0 Å². The lowest BCUT2D eigenvalue weighted by Gasteiger charge is -2.22. The summed E-state index contributed by atoms with van der Waals surface area (Å²) in [5.41, 5.74) is 1.59. The van der Waals surface area contributed by atoms with Gasteiger partial charge in [-0.2, -0.15) is 0 Å². The van der Waals surface area contributed by atoms with Gasteiger partial charge in [-0.15, -0.1) is 0 Å². The molecule has 0 saturated heterocycles. The SMILES string of the molecule is CC1(C)CNCCc2occc21. The molecule has 2 nitrogen and oxygen atoms in total.